The van der Waals surface area contributed by atoms with Gasteiger partial charge in [0.2, 0.25) is 0 Å². The first-order valence-electron chi connectivity index (χ1n) is 16.0. The van der Waals surface area contributed by atoms with Crippen molar-refractivity contribution in [3.8, 4) is 11.3 Å². The predicted molar refractivity (Wildman–Crippen MR) is 178 cm³/mol. The third kappa shape index (κ3) is 8.23. The summed E-state index contributed by atoms with van der Waals surface area (Å²) < 4.78 is 24.7. The summed E-state index contributed by atoms with van der Waals surface area (Å²) in [5, 5.41) is 15.1. The van der Waals surface area contributed by atoms with Crippen molar-refractivity contribution >= 4 is 49.1 Å². The molecule has 0 aliphatic carbocycles. The number of aromatic nitrogens is 1. The van der Waals surface area contributed by atoms with Crippen molar-refractivity contribution in [1.29, 1.82) is 0 Å². The molecule has 0 atom stereocenters. The number of aliphatic hydroxyl groups is 1. The minimum atomic E-state index is -1.49. The molecule has 0 aliphatic heterocycles. The number of allylic oxidation sites excluding steroid dienone is 2. The number of thiophene rings is 1. The van der Waals surface area contributed by atoms with E-state index in [0.717, 1.165) is 57.9 Å². The Labute approximate surface area is 276 Å². The molecular formula is C37H44IrNO3S-. The van der Waals surface area contributed by atoms with Gasteiger partial charge in [-0.3, -0.25) is 4.79 Å². The monoisotopic (exact) mass is 777 g/mol. The van der Waals surface area contributed by atoms with Crippen LogP contribution in [-0.2, 0) is 31.3 Å². The van der Waals surface area contributed by atoms with E-state index in [1.54, 1.807) is 23.6 Å². The van der Waals surface area contributed by atoms with Crippen molar-refractivity contribution in [3.63, 3.8) is 0 Å². The molecule has 5 aromatic rings. The fourth-order valence-electron chi connectivity index (χ4n) is 5.27. The predicted octanol–water partition coefficient (Wildman–Crippen LogP) is 11.1. The van der Waals surface area contributed by atoms with Crippen LogP contribution in [-0.4, -0.2) is 15.9 Å². The summed E-state index contributed by atoms with van der Waals surface area (Å²) in [6.07, 6.45) is 5.08. The minimum Gasteiger partial charge on any atom is -0.512 e. The van der Waals surface area contributed by atoms with E-state index in [1.165, 1.54) is 11.5 Å². The van der Waals surface area contributed by atoms with Crippen LogP contribution in [0.1, 0.15) is 82.5 Å². The van der Waals surface area contributed by atoms with Crippen LogP contribution in [0.4, 0.5) is 0 Å². The number of pyridine rings is 1. The maximum absolute atomic E-state index is 11.7. The summed E-state index contributed by atoms with van der Waals surface area (Å²) in [6.45, 7) is 13.8. The van der Waals surface area contributed by atoms with Gasteiger partial charge in [-0.1, -0.05) is 83.2 Å². The first-order chi connectivity index (χ1) is 20.9. The summed E-state index contributed by atoms with van der Waals surface area (Å²) in [7, 11) is 0. The van der Waals surface area contributed by atoms with Gasteiger partial charge in [-0.05, 0) is 66.1 Å². The number of benzene rings is 2. The van der Waals surface area contributed by atoms with Crippen LogP contribution in [0.5, 0.6) is 0 Å². The van der Waals surface area contributed by atoms with Crippen LogP contribution in [0.2, 0.25) is 0 Å². The van der Waals surface area contributed by atoms with Gasteiger partial charge in [-0.2, -0.15) is 0 Å². The zero-order valence-corrected chi connectivity index (χ0v) is 29.4. The summed E-state index contributed by atoms with van der Waals surface area (Å²) in [5.41, 5.74) is 3.12. The van der Waals surface area contributed by atoms with E-state index >= 15 is 0 Å². The Hall–Kier alpha value is -2.79. The Balaban J connectivity index is 0.000000297. The molecule has 43 heavy (non-hydrogen) atoms. The van der Waals surface area contributed by atoms with Crippen molar-refractivity contribution in [2.75, 3.05) is 0 Å². The van der Waals surface area contributed by atoms with Gasteiger partial charge in [0, 0.05) is 52.3 Å². The van der Waals surface area contributed by atoms with Gasteiger partial charge in [0.25, 0.3) is 0 Å². The number of fused-ring (bicyclic) bond motifs is 5. The molecule has 1 N–H and O–H groups in total. The fraction of sp³-hybridized carbons (Fsp3) is 0.405. The molecule has 0 amide bonds. The van der Waals surface area contributed by atoms with Crippen LogP contribution in [0.15, 0.2) is 70.3 Å². The van der Waals surface area contributed by atoms with Gasteiger partial charge in [-0.25, -0.2) is 0 Å². The number of carbonyl (C=O) groups is 1. The maximum atomic E-state index is 11.7. The molecule has 3 heterocycles. The molecule has 0 spiro atoms. The molecule has 231 valence electrons. The van der Waals surface area contributed by atoms with Gasteiger partial charge in [0.15, 0.2) is 5.78 Å². The quantitative estimate of drug-likeness (QED) is 0.0920. The van der Waals surface area contributed by atoms with Crippen LogP contribution in [0.3, 0.4) is 0 Å². The largest absolute Gasteiger partial charge is 0.512 e. The molecule has 1 radical (unpaired) electrons. The Morgan fingerprint density at radius 1 is 1.02 bits per heavy atom. The molecule has 4 nitrogen and oxygen atoms in total. The molecule has 0 saturated carbocycles. The van der Waals surface area contributed by atoms with E-state index in [1.807, 2.05) is 66.7 Å². The molecule has 0 fully saturated rings. The number of ketones is 1. The Bertz CT molecular complexity index is 1780. The second kappa shape index (κ2) is 15.3. The molecule has 0 aliphatic rings. The number of aliphatic hydroxyl groups excluding tert-OH is 1. The van der Waals surface area contributed by atoms with Gasteiger partial charge in [0.05, 0.1) is 16.0 Å². The molecule has 0 bridgehead atoms. The number of rotatable bonds is 9. The summed E-state index contributed by atoms with van der Waals surface area (Å²) >= 11 is 1.67. The molecule has 2 aromatic carbocycles. The van der Waals surface area contributed by atoms with E-state index in [4.69, 9.17) is 7.16 Å². The van der Waals surface area contributed by atoms with Gasteiger partial charge >= 0.3 is 0 Å². The van der Waals surface area contributed by atoms with Crippen molar-refractivity contribution < 1.29 is 37.2 Å². The Morgan fingerprint density at radius 2 is 1.70 bits per heavy atom. The van der Waals surface area contributed by atoms with Gasteiger partial charge < -0.3 is 14.5 Å². The zero-order valence-electron chi connectivity index (χ0n) is 28.2. The first kappa shape index (κ1) is 31.6. The zero-order chi connectivity index (χ0) is 32.2. The molecule has 0 saturated heterocycles. The summed E-state index contributed by atoms with van der Waals surface area (Å²) in [4.78, 5) is 16.2. The fourth-order valence-corrected chi connectivity index (χ4v) is 6.15. The van der Waals surface area contributed by atoms with Crippen LogP contribution < -0.4 is 0 Å². The number of nitrogens with zero attached hydrogens (tertiary/aromatic N) is 1. The number of hydrogen-bond acceptors (Lipinski definition) is 5. The van der Waals surface area contributed by atoms with Crippen molar-refractivity contribution in [3.05, 3.63) is 77.5 Å². The maximum Gasteiger partial charge on any atom is 0.162 e. The van der Waals surface area contributed by atoms with Crippen LogP contribution in [0, 0.1) is 23.3 Å². The molecule has 6 heteroatoms. The van der Waals surface area contributed by atoms with E-state index in [-0.39, 0.29) is 43.5 Å². The van der Waals surface area contributed by atoms with Crippen LogP contribution >= 0.6 is 11.3 Å². The summed E-state index contributed by atoms with van der Waals surface area (Å²) in [6, 6.07) is 17.1. The number of carbonyl (C=O) groups excluding carboxylic acids is 1. The van der Waals surface area contributed by atoms with Gasteiger partial charge in [0.1, 0.15) is 5.58 Å². The van der Waals surface area contributed by atoms with E-state index in [0.29, 0.717) is 11.3 Å². The normalized spacial score (nSPS) is 13.2. The Kier molecular flexibility index (Phi) is 11.2. The molecule has 5 rings (SSSR count). The smallest absolute Gasteiger partial charge is 0.162 e. The van der Waals surface area contributed by atoms with Crippen LogP contribution in [0.25, 0.3) is 43.3 Å². The van der Waals surface area contributed by atoms with Crippen molar-refractivity contribution in [2.24, 2.45) is 17.3 Å². The third-order valence-corrected chi connectivity index (χ3v) is 8.57. The SMILES string of the molecule is CCC(CC)C(=O)/C=C(\O)C(CC)CC.[2H]C([2H])(c1ccnc(-c2[c-]ccc3c2oc2c3ccc3ccsc32)c1)C(C)(C)C.[Ir]. The van der Waals surface area contributed by atoms with E-state index < -0.39 is 11.8 Å². The minimum absolute atomic E-state index is 0. The second-order valence-corrected chi connectivity index (χ2v) is 12.7. The van der Waals surface area contributed by atoms with Crippen molar-refractivity contribution in [2.45, 2.75) is 80.5 Å². The average molecular weight is 777 g/mol. The summed E-state index contributed by atoms with van der Waals surface area (Å²) in [5.74, 6) is 0.547. The second-order valence-electron chi connectivity index (χ2n) is 11.8. The Morgan fingerprint density at radius 3 is 2.35 bits per heavy atom. The van der Waals surface area contributed by atoms with E-state index in [9.17, 15) is 9.90 Å². The molecular weight excluding hydrogens is 731 g/mol. The van der Waals surface area contributed by atoms with Gasteiger partial charge in [-0.15, -0.1) is 29.5 Å². The standard InChI is InChI=1S/C24H20NOS.C13H24O2.Ir/c1-24(2,3)14-15-9-11-25-20(13-15)19-6-4-5-17-18-8-7-16-10-12-27-23(16)22(18)26-21(17)19;1-5-10(6-2)12(14)9-13(15)11(7-3)8-4;/h4-5,7-13H,14H2,1-3H3;9-11,14H,5-8H2,1-4H3;/q-1;;/b;12-9-;/i14D2;;. The number of furan rings is 1. The van der Waals surface area contributed by atoms with Crippen molar-refractivity contribution in [1.82, 2.24) is 4.98 Å². The first-order valence-corrected chi connectivity index (χ1v) is 15.9. The average Bonchev–Trinajstić information content (AvgIpc) is 3.63. The number of hydrogen-bond donors (Lipinski definition) is 1. The molecule has 0 unspecified atom stereocenters. The third-order valence-electron chi connectivity index (χ3n) is 7.64. The topological polar surface area (TPSA) is 63.3 Å². The van der Waals surface area contributed by atoms with E-state index in [2.05, 4.69) is 34.6 Å². The molecule has 3 aromatic heterocycles.